The lowest BCUT2D eigenvalue weighted by molar-refractivity contribution is 0.0511. The Morgan fingerprint density at radius 1 is 1.37 bits per heavy atom. The minimum atomic E-state index is -2.84. The van der Waals surface area contributed by atoms with Crippen LogP contribution in [-0.2, 0) is 18.0 Å². The average molecular weight is 418 g/mol. The van der Waals surface area contributed by atoms with E-state index in [9.17, 15) is 13.6 Å². The average Bonchev–Trinajstić information content (AvgIpc) is 3.37. The fraction of sp³-hybridized carbons (Fsp3) is 0.444. The van der Waals surface area contributed by atoms with Crippen molar-refractivity contribution >= 4 is 29.2 Å². The molecule has 1 aromatic carbocycles. The molecule has 1 aromatic heterocycles. The summed E-state index contributed by atoms with van der Waals surface area (Å²) in [5, 5.41) is 4.92. The number of ether oxygens (including phenoxy) is 1. The number of esters is 1. The van der Waals surface area contributed by atoms with Crippen LogP contribution < -0.4 is 0 Å². The fourth-order valence-electron chi connectivity index (χ4n) is 2.88. The van der Waals surface area contributed by atoms with Crippen LogP contribution in [0, 0.1) is 0 Å². The number of halogens is 4. The summed E-state index contributed by atoms with van der Waals surface area (Å²) in [6.45, 7) is 2.39. The molecule has 0 saturated heterocycles. The quantitative estimate of drug-likeness (QED) is 0.571. The molecule has 9 heteroatoms. The lowest BCUT2D eigenvalue weighted by Crippen LogP contribution is -2.30. The van der Waals surface area contributed by atoms with Crippen LogP contribution in [0.5, 0.6) is 0 Å². The van der Waals surface area contributed by atoms with Crippen LogP contribution >= 0.6 is 23.2 Å². The maximum absolute atomic E-state index is 13.6. The normalized spacial score (nSPS) is 14.2. The highest BCUT2D eigenvalue weighted by Crippen LogP contribution is 2.32. The summed E-state index contributed by atoms with van der Waals surface area (Å²) in [4.78, 5) is 14.0. The topological polar surface area (TPSA) is 47.4 Å². The third kappa shape index (κ3) is 4.78. The number of hydrogen-bond acceptors (Lipinski definition) is 4. The first-order valence-electron chi connectivity index (χ1n) is 8.59. The van der Waals surface area contributed by atoms with Crippen molar-refractivity contribution in [2.75, 3.05) is 6.61 Å². The van der Waals surface area contributed by atoms with Crippen molar-refractivity contribution in [1.82, 2.24) is 14.7 Å². The van der Waals surface area contributed by atoms with Gasteiger partial charge in [-0.1, -0.05) is 29.3 Å². The summed E-state index contributed by atoms with van der Waals surface area (Å²) in [7, 11) is 0. The van der Waals surface area contributed by atoms with Crippen LogP contribution in [0.4, 0.5) is 8.78 Å². The molecule has 0 aliphatic heterocycles. The van der Waals surface area contributed by atoms with Crippen LogP contribution in [0.1, 0.15) is 47.8 Å². The van der Waals surface area contributed by atoms with Crippen molar-refractivity contribution in [2.45, 2.75) is 45.4 Å². The summed E-state index contributed by atoms with van der Waals surface area (Å²) >= 11 is 12.0. The molecule has 3 rings (SSSR count). The van der Waals surface area contributed by atoms with Crippen molar-refractivity contribution in [2.24, 2.45) is 0 Å². The molecule has 5 nitrogen and oxygen atoms in total. The Bertz CT molecular complexity index is 825. The molecule has 1 aliphatic carbocycles. The summed E-state index contributed by atoms with van der Waals surface area (Å²) in [5.41, 5.74) is 0.304. The second kappa shape index (κ2) is 8.54. The van der Waals surface area contributed by atoms with E-state index in [0.29, 0.717) is 16.6 Å². The highest BCUT2D eigenvalue weighted by atomic mass is 35.5. The van der Waals surface area contributed by atoms with Crippen LogP contribution in [0.3, 0.4) is 0 Å². The number of carbonyl (C=O) groups is 1. The summed E-state index contributed by atoms with van der Waals surface area (Å²) in [6, 6.07) is 5.60. The second-order valence-electron chi connectivity index (χ2n) is 6.33. The lowest BCUT2D eigenvalue weighted by atomic mass is 10.2. The molecule has 1 heterocycles. The van der Waals surface area contributed by atoms with Crippen molar-refractivity contribution in [1.29, 1.82) is 0 Å². The molecule has 2 aromatic rings. The van der Waals surface area contributed by atoms with Gasteiger partial charge in [-0.2, -0.15) is 5.10 Å². The highest BCUT2D eigenvalue weighted by molar-refractivity contribution is 6.42. The molecular formula is C18H19Cl2F2N3O2. The van der Waals surface area contributed by atoms with E-state index < -0.39 is 18.1 Å². The fourth-order valence-corrected chi connectivity index (χ4v) is 3.20. The van der Waals surface area contributed by atoms with Gasteiger partial charge in [-0.15, -0.1) is 0 Å². The molecule has 146 valence electrons. The number of rotatable bonds is 8. The van der Waals surface area contributed by atoms with Crippen LogP contribution in [0.2, 0.25) is 10.0 Å². The third-order valence-electron chi connectivity index (χ3n) is 4.33. The van der Waals surface area contributed by atoms with E-state index in [-0.39, 0.29) is 24.9 Å². The maximum Gasteiger partial charge on any atom is 0.341 e. The summed E-state index contributed by atoms with van der Waals surface area (Å²) in [6.07, 6.45) is 0.274. The van der Waals surface area contributed by atoms with Gasteiger partial charge < -0.3 is 4.74 Å². The van der Waals surface area contributed by atoms with Gasteiger partial charge in [0.1, 0.15) is 11.3 Å². The van der Waals surface area contributed by atoms with E-state index in [4.69, 9.17) is 27.9 Å². The zero-order chi connectivity index (χ0) is 19.6. The Labute approximate surface area is 165 Å². The van der Waals surface area contributed by atoms with Crippen molar-refractivity contribution in [3.63, 3.8) is 0 Å². The largest absolute Gasteiger partial charge is 0.462 e. The molecule has 27 heavy (non-hydrogen) atoms. The molecule has 0 radical (unpaired) electrons. The lowest BCUT2D eigenvalue weighted by Gasteiger charge is -2.23. The van der Waals surface area contributed by atoms with Gasteiger partial charge >= 0.3 is 5.97 Å². The molecule has 0 N–H and O–H groups in total. The van der Waals surface area contributed by atoms with Gasteiger partial charge in [0.2, 0.25) is 0 Å². The predicted molar refractivity (Wildman–Crippen MR) is 98.2 cm³/mol. The van der Waals surface area contributed by atoms with Crippen LogP contribution in [0.25, 0.3) is 0 Å². The van der Waals surface area contributed by atoms with Gasteiger partial charge in [-0.05, 0) is 37.5 Å². The van der Waals surface area contributed by atoms with E-state index >= 15 is 0 Å². The highest BCUT2D eigenvalue weighted by Gasteiger charge is 2.32. The number of benzene rings is 1. The number of carbonyl (C=O) groups excluding carboxylic acids is 1. The van der Waals surface area contributed by atoms with Crippen molar-refractivity contribution < 1.29 is 18.3 Å². The van der Waals surface area contributed by atoms with Crippen molar-refractivity contribution in [3.05, 3.63) is 51.3 Å². The van der Waals surface area contributed by atoms with Crippen LogP contribution in [-0.4, -0.2) is 33.3 Å². The van der Waals surface area contributed by atoms with E-state index in [1.165, 1.54) is 4.68 Å². The number of aromatic nitrogens is 2. The zero-order valence-corrected chi connectivity index (χ0v) is 16.2. The first-order chi connectivity index (χ1) is 12.9. The zero-order valence-electron chi connectivity index (χ0n) is 14.7. The van der Waals surface area contributed by atoms with E-state index in [0.717, 1.165) is 24.6 Å². The van der Waals surface area contributed by atoms with Gasteiger partial charge in [0.15, 0.2) is 0 Å². The third-order valence-corrected chi connectivity index (χ3v) is 5.07. The minimum absolute atomic E-state index is 0.109. The van der Waals surface area contributed by atoms with Gasteiger partial charge in [-0.3, -0.25) is 4.90 Å². The minimum Gasteiger partial charge on any atom is -0.462 e. The van der Waals surface area contributed by atoms with E-state index in [1.807, 2.05) is 11.0 Å². The monoisotopic (exact) mass is 417 g/mol. The Morgan fingerprint density at radius 3 is 2.70 bits per heavy atom. The number of alkyl halides is 2. The maximum atomic E-state index is 13.6. The van der Waals surface area contributed by atoms with Gasteiger partial charge in [0, 0.05) is 12.6 Å². The summed E-state index contributed by atoms with van der Waals surface area (Å²) < 4.78 is 33.2. The molecule has 0 atom stereocenters. The number of hydrogen-bond donors (Lipinski definition) is 0. The van der Waals surface area contributed by atoms with Crippen LogP contribution in [0.15, 0.2) is 24.4 Å². The van der Waals surface area contributed by atoms with E-state index in [1.54, 1.807) is 19.1 Å². The molecule has 0 unspecified atom stereocenters. The predicted octanol–water partition coefficient (Wildman–Crippen LogP) is 4.93. The van der Waals surface area contributed by atoms with Gasteiger partial charge in [0.05, 0.1) is 29.5 Å². The molecular weight excluding hydrogens is 399 g/mol. The van der Waals surface area contributed by atoms with Crippen molar-refractivity contribution in [3.8, 4) is 0 Å². The Hall–Kier alpha value is -1.70. The molecule has 0 spiro atoms. The standard InChI is InChI=1S/C18H19Cl2F2N3O2/c1-2-27-18(26)13-8-23-25(16(13)17(21)22)10-24(12-4-5-12)9-11-3-6-14(19)15(20)7-11/h3,6-8,12,17H,2,4-5,9-10H2,1H3. The summed E-state index contributed by atoms with van der Waals surface area (Å²) in [5.74, 6) is -0.790. The Kier molecular flexibility index (Phi) is 6.34. The van der Waals surface area contributed by atoms with Gasteiger partial charge in [0.25, 0.3) is 6.43 Å². The molecule has 0 amide bonds. The molecule has 0 bridgehead atoms. The molecule has 1 saturated carbocycles. The smallest absolute Gasteiger partial charge is 0.341 e. The molecule has 1 aliphatic rings. The first-order valence-corrected chi connectivity index (χ1v) is 9.35. The van der Waals surface area contributed by atoms with E-state index in [2.05, 4.69) is 5.10 Å². The van der Waals surface area contributed by atoms with Gasteiger partial charge in [-0.25, -0.2) is 18.3 Å². The molecule has 1 fully saturated rings. The first kappa shape index (κ1) is 20.0. The Morgan fingerprint density at radius 2 is 2.11 bits per heavy atom. The Balaban J connectivity index is 1.82. The second-order valence-corrected chi connectivity index (χ2v) is 7.15. The number of nitrogens with zero attached hydrogens (tertiary/aromatic N) is 3. The SMILES string of the molecule is CCOC(=O)c1cnn(CN(Cc2ccc(Cl)c(Cl)c2)C2CC2)c1C(F)F.